The molecule has 0 N–H and O–H groups in total. The van der Waals surface area contributed by atoms with Crippen molar-refractivity contribution in [3.05, 3.63) is 59.9 Å². The van der Waals surface area contributed by atoms with Crippen molar-refractivity contribution in [2.24, 2.45) is 0 Å². The number of likely N-dealkylation sites (tertiary alicyclic amines) is 1. The molecule has 1 amide bonds. The molecule has 1 atom stereocenters. The molecule has 0 bridgehead atoms. The molecule has 1 fully saturated rings. The number of aromatic nitrogens is 1. The van der Waals surface area contributed by atoms with Gasteiger partial charge in [-0.25, -0.2) is 0 Å². The summed E-state index contributed by atoms with van der Waals surface area (Å²) in [5, 5.41) is 0. The first-order chi connectivity index (χ1) is 12.3. The highest BCUT2D eigenvalue weighted by Gasteiger charge is 2.27. The molecule has 1 aromatic carbocycles. The minimum atomic E-state index is 0.172. The molecule has 25 heavy (non-hydrogen) atoms. The van der Waals surface area contributed by atoms with Crippen LogP contribution in [0.5, 0.6) is 5.75 Å². The molecular formula is C20H23N3O2. The van der Waals surface area contributed by atoms with Gasteiger partial charge in [0, 0.05) is 50.7 Å². The number of carbonyl (C=O) groups excluding carboxylic acids is 1. The fraction of sp³-hybridized carbons (Fsp3) is 0.400. The monoisotopic (exact) mass is 337 g/mol. The van der Waals surface area contributed by atoms with Crippen molar-refractivity contribution in [1.82, 2.24) is 14.8 Å². The lowest BCUT2D eigenvalue weighted by atomic mass is 9.99. The van der Waals surface area contributed by atoms with Crippen molar-refractivity contribution in [3.63, 3.8) is 0 Å². The van der Waals surface area contributed by atoms with Gasteiger partial charge < -0.3 is 9.64 Å². The van der Waals surface area contributed by atoms with Crippen molar-refractivity contribution in [3.8, 4) is 5.75 Å². The van der Waals surface area contributed by atoms with Gasteiger partial charge in [-0.3, -0.25) is 14.7 Å². The summed E-state index contributed by atoms with van der Waals surface area (Å²) >= 11 is 0. The van der Waals surface area contributed by atoms with E-state index in [2.05, 4.69) is 16.0 Å². The molecule has 4 rings (SSSR count). The van der Waals surface area contributed by atoms with Crippen molar-refractivity contribution in [1.29, 1.82) is 0 Å². The predicted molar refractivity (Wildman–Crippen MR) is 95.8 cm³/mol. The number of pyridine rings is 1. The van der Waals surface area contributed by atoms with Crippen molar-refractivity contribution < 1.29 is 9.53 Å². The highest BCUT2D eigenvalue weighted by Crippen LogP contribution is 2.20. The highest BCUT2D eigenvalue weighted by molar-refractivity contribution is 5.96. The van der Waals surface area contributed by atoms with Crippen LogP contribution in [0.1, 0.15) is 22.3 Å². The van der Waals surface area contributed by atoms with Crippen LogP contribution in [0.4, 0.5) is 0 Å². The zero-order valence-electron chi connectivity index (χ0n) is 14.3. The van der Waals surface area contributed by atoms with Crippen LogP contribution in [0.15, 0.2) is 48.8 Å². The maximum Gasteiger partial charge on any atom is 0.254 e. The molecule has 3 heterocycles. The van der Waals surface area contributed by atoms with Crippen LogP contribution in [-0.2, 0) is 6.42 Å². The predicted octanol–water partition coefficient (Wildman–Crippen LogP) is 2.23. The number of carbonyl (C=O) groups is 1. The van der Waals surface area contributed by atoms with E-state index in [1.54, 1.807) is 12.4 Å². The van der Waals surface area contributed by atoms with Crippen LogP contribution in [-0.4, -0.2) is 59.5 Å². The Kier molecular flexibility index (Phi) is 4.65. The zero-order valence-corrected chi connectivity index (χ0v) is 14.3. The number of amides is 1. The standard InChI is InChI=1S/C20H23N3O2/c24-20-19-4-2-1-3-16(19)7-12-23(20)14-13-22-11-8-18(15-22)25-17-5-9-21-10-6-17/h1-6,9-10,18H,7-8,11-15H2/t18-/m0/s1. The molecule has 5 heteroatoms. The van der Waals surface area contributed by atoms with E-state index in [1.807, 2.05) is 35.2 Å². The minimum Gasteiger partial charge on any atom is -0.489 e. The van der Waals surface area contributed by atoms with Crippen molar-refractivity contribution >= 4 is 5.91 Å². The molecule has 0 unspecified atom stereocenters. The number of rotatable bonds is 5. The second-order valence-corrected chi connectivity index (χ2v) is 6.71. The van der Waals surface area contributed by atoms with Gasteiger partial charge in [0.25, 0.3) is 5.91 Å². The Morgan fingerprint density at radius 1 is 1.08 bits per heavy atom. The van der Waals surface area contributed by atoms with E-state index in [0.717, 1.165) is 56.9 Å². The lowest BCUT2D eigenvalue weighted by Gasteiger charge is -2.30. The molecule has 5 nitrogen and oxygen atoms in total. The molecule has 2 aliphatic rings. The molecule has 0 saturated carbocycles. The Morgan fingerprint density at radius 2 is 1.92 bits per heavy atom. The Hall–Kier alpha value is -2.40. The normalized spacial score (nSPS) is 20.6. The Balaban J connectivity index is 1.28. The summed E-state index contributed by atoms with van der Waals surface area (Å²) in [6.07, 6.45) is 5.71. The second kappa shape index (κ2) is 7.23. The minimum absolute atomic E-state index is 0.172. The first-order valence-corrected chi connectivity index (χ1v) is 8.96. The summed E-state index contributed by atoms with van der Waals surface area (Å²) in [7, 11) is 0. The first-order valence-electron chi connectivity index (χ1n) is 8.96. The molecule has 2 aromatic rings. The molecule has 130 valence electrons. The summed E-state index contributed by atoms with van der Waals surface area (Å²) in [4.78, 5) is 21.0. The van der Waals surface area contributed by atoms with E-state index in [4.69, 9.17) is 4.74 Å². The van der Waals surface area contributed by atoms with Gasteiger partial charge in [0.2, 0.25) is 0 Å². The van der Waals surface area contributed by atoms with Gasteiger partial charge in [-0.1, -0.05) is 18.2 Å². The van der Waals surface area contributed by atoms with E-state index < -0.39 is 0 Å². The lowest BCUT2D eigenvalue weighted by Crippen LogP contribution is -2.42. The summed E-state index contributed by atoms with van der Waals surface area (Å²) in [6, 6.07) is 11.8. The Morgan fingerprint density at radius 3 is 2.80 bits per heavy atom. The van der Waals surface area contributed by atoms with Gasteiger partial charge in [0.05, 0.1) is 0 Å². The molecular weight excluding hydrogens is 314 g/mol. The Bertz CT molecular complexity index is 735. The largest absolute Gasteiger partial charge is 0.489 e. The summed E-state index contributed by atoms with van der Waals surface area (Å²) < 4.78 is 6.00. The Labute approximate surface area is 148 Å². The molecule has 0 spiro atoms. The smallest absolute Gasteiger partial charge is 0.254 e. The summed E-state index contributed by atoms with van der Waals surface area (Å²) in [6.45, 7) is 4.45. The van der Waals surface area contributed by atoms with Crippen LogP contribution in [0.25, 0.3) is 0 Å². The molecule has 2 aliphatic heterocycles. The van der Waals surface area contributed by atoms with Crippen LogP contribution >= 0.6 is 0 Å². The van der Waals surface area contributed by atoms with Gasteiger partial charge in [-0.2, -0.15) is 0 Å². The molecule has 0 aliphatic carbocycles. The first kappa shape index (κ1) is 16.1. The topological polar surface area (TPSA) is 45.7 Å². The third kappa shape index (κ3) is 3.66. The highest BCUT2D eigenvalue weighted by atomic mass is 16.5. The second-order valence-electron chi connectivity index (χ2n) is 6.71. The van der Waals surface area contributed by atoms with Gasteiger partial charge in [0.15, 0.2) is 0 Å². The third-order valence-corrected chi connectivity index (χ3v) is 5.05. The fourth-order valence-electron chi connectivity index (χ4n) is 3.66. The third-order valence-electron chi connectivity index (χ3n) is 5.05. The van der Waals surface area contributed by atoms with Crippen molar-refractivity contribution in [2.45, 2.75) is 18.9 Å². The summed E-state index contributed by atoms with van der Waals surface area (Å²) in [5.41, 5.74) is 2.05. The molecule has 1 saturated heterocycles. The quantitative estimate of drug-likeness (QED) is 0.839. The van der Waals surface area contributed by atoms with Gasteiger partial charge in [-0.15, -0.1) is 0 Å². The average Bonchev–Trinajstić information content (AvgIpc) is 3.10. The van der Waals surface area contributed by atoms with Crippen LogP contribution < -0.4 is 4.74 Å². The number of hydrogen-bond acceptors (Lipinski definition) is 4. The van der Waals surface area contributed by atoms with E-state index in [1.165, 1.54) is 5.56 Å². The van der Waals surface area contributed by atoms with E-state index in [-0.39, 0.29) is 12.0 Å². The van der Waals surface area contributed by atoms with E-state index in [9.17, 15) is 4.79 Å². The average molecular weight is 337 g/mol. The van der Waals surface area contributed by atoms with Gasteiger partial charge >= 0.3 is 0 Å². The number of hydrogen-bond donors (Lipinski definition) is 0. The maximum absolute atomic E-state index is 12.6. The van der Waals surface area contributed by atoms with E-state index >= 15 is 0 Å². The number of ether oxygens (including phenoxy) is 1. The van der Waals surface area contributed by atoms with Gasteiger partial charge in [0.1, 0.15) is 11.9 Å². The SMILES string of the molecule is O=C1c2ccccc2CCN1CCN1CC[C@H](Oc2ccncc2)C1. The van der Waals surface area contributed by atoms with Crippen LogP contribution in [0, 0.1) is 0 Å². The fourth-order valence-corrected chi connectivity index (χ4v) is 3.66. The number of fused-ring (bicyclic) bond motifs is 1. The van der Waals surface area contributed by atoms with Crippen LogP contribution in [0.2, 0.25) is 0 Å². The van der Waals surface area contributed by atoms with Crippen LogP contribution in [0.3, 0.4) is 0 Å². The summed E-state index contributed by atoms with van der Waals surface area (Å²) in [5.74, 6) is 1.05. The number of nitrogens with zero attached hydrogens (tertiary/aromatic N) is 3. The maximum atomic E-state index is 12.6. The zero-order chi connectivity index (χ0) is 17.1. The lowest BCUT2D eigenvalue weighted by molar-refractivity contribution is 0.0722. The van der Waals surface area contributed by atoms with E-state index in [0.29, 0.717) is 0 Å². The molecule has 0 radical (unpaired) electrons. The van der Waals surface area contributed by atoms with Crippen molar-refractivity contribution in [2.75, 3.05) is 32.7 Å². The molecule has 1 aromatic heterocycles. The van der Waals surface area contributed by atoms with Gasteiger partial charge in [-0.05, 0) is 36.6 Å². The number of benzene rings is 1.